The van der Waals surface area contributed by atoms with Crippen LogP contribution in [0.5, 0.6) is 5.75 Å². The summed E-state index contributed by atoms with van der Waals surface area (Å²) < 4.78 is 0. The smallest absolute Gasteiger partial charge is 0.235 e. The predicted molar refractivity (Wildman–Crippen MR) is 59.9 cm³/mol. The molecule has 16 heavy (non-hydrogen) atoms. The quantitative estimate of drug-likeness (QED) is 0.271. The number of nitrogens with two attached hydrogens (primary N) is 2. The van der Waals surface area contributed by atoms with Gasteiger partial charge in [0.1, 0.15) is 5.75 Å². The molecular weight excluding hydrogens is 208 g/mol. The molecule has 0 saturated carbocycles. The zero-order valence-electron chi connectivity index (χ0n) is 9.03. The number of nitrogens with one attached hydrogen (secondary N) is 2. The summed E-state index contributed by atoms with van der Waals surface area (Å²) in [6.07, 6.45) is 0.0591. The summed E-state index contributed by atoms with van der Waals surface area (Å²) in [5.74, 6) is 10.1. The van der Waals surface area contributed by atoms with Crippen LogP contribution in [0.2, 0.25) is 0 Å². The number of hydrazine groups is 2. The van der Waals surface area contributed by atoms with Gasteiger partial charge in [0.2, 0.25) is 5.91 Å². The summed E-state index contributed by atoms with van der Waals surface area (Å²) >= 11 is 0. The molecule has 0 aliphatic rings. The Bertz CT molecular complexity index is 381. The molecule has 0 bridgehead atoms. The van der Waals surface area contributed by atoms with Gasteiger partial charge in [-0.3, -0.25) is 21.5 Å². The normalized spacial score (nSPS) is 12.2. The lowest BCUT2D eigenvalue weighted by Crippen LogP contribution is -2.36. The summed E-state index contributed by atoms with van der Waals surface area (Å²) in [4.78, 5) is 11.1. The topological polar surface area (TPSA) is 113 Å². The van der Waals surface area contributed by atoms with Gasteiger partial charge < -0.3 is 5.11 Å². The summed E-state index contributed by atoms with van der Waals surface area (Å²) in [7, 11) is 0. The Kier molecular flexibility index (Phi) is 4.24. The number of aryl methyl sites for hydroxylation is 1. The summed E-state index contributed by atoms with van der Waals surface area (Å²) in [6, 6.07) is 4.70. The van der Waals surface area contributed by atoms with Crippen LogP contribution in [0.25, 0.3) is 0 Å². The highest BCUT2D eigenvalue weighted by molar-refractivity contribution is 5.76. The zero-order chi connectivity index (χ0) is 12.1. The van der Waals surface area contributed by atoms with Gasteiger partial charge in [-0.25, -0.2) is 5.84 Å². The van der Waals surface area contributed by atoms with Crippen molar-refractivity contribution >= 4 is 5.91 Å². The van der Waals surface area contributed by atoms with E-state index in [1.807, 2.05) is 18.4 Å². The lowest BCUT2D eigenvalue weighted by atomic mass is 10.0. The average Bonchev–Trinajstić information content (AvgIpc) is 2.26. The van der Waals surface area contributed by atoms with Crippen molar-refractivity contribution in [2.45, 2.75) is 19.4 Å². The maximum atomic E-state index is 11.1. The Hall–Kier alpha value is -1.63. The molecule has 0 saturated heterocycles. The van der Waals surface area contributed by atoms with Crippen molar-refractivity contribution in [2.24, 2.45) is 11.7 Å². The number of aromatic hydroxyl groups is 1. The van der Waals surface area contributed by atoms with Crippen LogP contribution in [-0.4, -0.2) is 11.0 Å². The standard InChI is InChI=1S/C10H16N4O2/c1-6-2-3-7(9(15)4-6)8(13-11)5-10(16)14-12/h2-4,8,13,15H,5,11-12H2,1H3,(H,14,16). The first-order valence-electron chi connectivity index (χ1n) is 4.83. The first kappa shape index (κ1) is 12.4. The fourth-order valence-corrected chi connectivity index (χ4v) is 1.45. The van der Waals surface area contributed by atoms with Gasteiger partial charge in [0.25, 0.3) is 0 Å². The zero-order valence-corrected chi connectivity index (χ0v) is 9.03. The van der Waals surface area contributed by atoms with Crippen LogP contribution < -0.4 is 22.5 Å². The van der Waals surface area contributed by atoms with E-state index in [1.54, 1.807) is 12.1 Å². The van der Waals surface area contributed by atoms with Crippen molar-refractivity contribution in [2.75, 3.05) is 0 Å². The minimum Gasteiger partial charge on any atom is -0.508 e. The second kappa shape index (κ2) is 5.45. The highest BCUT2D eigenvalue weighted by Crippen LogP contribution is 2.26. The van der Waals surface area contributed by atoms with Crippen molar-refractivity contribution in [1.82, 2.24) is 10.9 Å². The average molecular weight is 224 g/mol. The van der Waals surface area contributed by atoms with Gasteiger partial charge >= 0.3 is 0 Å². The Balaban J connectivity index is 2.90. The van der Waals surface area contributed by atoms with Gasteiger partial charge in [-0.15, -0.1) is 0 Å². The molecule has 0 fully saturated rings. The highest BCUT2D eigenvalue weighted by atomic mass is 16.3. The summed E-state index contributed by atoms with van der Waals surface area (Å²) in [6.45, 7) is 1.86. The molecular formula is C10H16N4O2. The fourth-order valence-electron chi connectivity index (χ4n) is 1.45. The third-order valence-corrected chi connectivity index (χ3v) is 2.31. The number of phenolic OH excluding ortho intramolecular Hbond substituents is 1. The molecule has 0 aliphatic heterocycles. The number of rotatable bonds is 4. The van der Waals surface area contributed by atoms with Crippen LogP contribution in [0.4, 0.5) is 0 Å². The highest BCUT2D eigenvalue weighted by Gasteiger charge is 2.17. The first-order chi connectivity index (χ1) is 7.58. The van der Waals surface area contributed by atoms with E-state index in [0.717, 1.165) is 5.56 Å². The number of amides is 1. The predicted octanol–water partition coefficient (Wildman–Crippen LogP) is -0.415. The molecule has 6 heteroatoms. The van der Waals surface area contributed by atoms with Crippen LogP contribution in [0, 0.1) is 6.92 Å². The molecule has 6 nitrogen and oxygen atoms in total. The van der Waals surface area contributed by atoms with Gasteiger partial charge in [-0.1, -0.05) is 12.1 Å². The van der Waals surface area contributed by atoms with Gasteiger partial charge in [-0.2, -0.15) is 0 Å². The van der Waals surface area contributed by atoms with Gasteiger partial charge in [0.05, 0.1) is 6.04 Å². The number of carbonyl (C=O) groups is 1. The minimum absolute atomic E-state index is 0.0591. The number of hydrogen-bond donors (Lipinski definition) is 5. The summed E-state index contributed by atoms with van der Waals surface area (Å²) in [5, 5.41) is 9.72. The van der Waals surface area contributed by atoms with E-state index in [1.165, 1.54) is 0 Å². The number of phenols is 1. The van der Waals surface area contributed by atoms with Crippen molar-refractivity contribution < 1.29 is 9.90 Å². The number of hydrogen-bond acceptors (Lipinski definition) is 5. The van der Waals surface area contributed by atoms with E-state index in [9.17, 15) is 9.90 Å². The number of carbonyl (C=O) groups excluding carboxylic acids is 1. The molecule has 7 N–H and O–H groups in total. The van der Waals surface area contributed by atoms with E-state index >= 15 is 0 Å². The largest absolute Gasteiger partial charge is 0.508 e. The third kappa shape index (κ3) is 2.93. The van der Waals surface area contributed by atoms with Gasteiger partial charge in [0.15, 0.2) is 0 Å². The van der Waals surface area contributed by atoms with Gasteiger partial charge in [0, 0.05) is 12.0 Å². The lowest BCUT2D eigenvalue weighted by molar-refractivity contribution is -0.121. The van der Waals surface area contributed by atoms with Crippen molar-refractivity contribution in [3.8, 4) is 5.75 Å². The fraction of sp³-hybridized carbons (Fsp3) is 0.300. The van der Waals surface area contributed by atoms with Crippen molar-refractivity contribution in [1.29, 1.82) is 0 Å². The molecule has 0 heterocycles. The van der Waals surface area contributed by atoms with Crippen LogP contribution >= 0.6 is 0 Å². The first-order valence-corrected chi connectivity index (χ1v) is 4.83. The van der Waals surface area contributed by atoms with E-state index in [2.05, 4.69) is 5.43 Å². The second-order valence-corrected chi connectivity index (χ2v) is 3.55. The Morgan fingerprint density at radius 3 is 2.69 bits per heavy atom. The minimum atomic E-state index is -0.468. The molecule has 1 amide bonds. The Morgan fingerprint density at radius 1 is 1.50 bits per heavy atom. The summed E-state index contributed by atoms with van der Waals surface area (Å²) in [5.41, 5.74) is 5.98. The van der Waals surface area contributed by atoms with E-state index < -0.39 is 6.04 Å². The molecule has 1 aromatic carbocycles. The molecule has 1 unspecified atom stereocenters. The van der Waals surface area contributed by atoms with E-state index in [-0.39, 0.29) is 18.1 Å². The second-order valence-electron chi connectivity index (χ2n) is 3.55. The molecule has 0 aromatic heterocycles. The van der Waals surface area contributed by atoms with Crippen LogP contribution in [0.15, 0.2) is 18.2 Å². The number of benzene rings is 1. The van der Waals surface area contributed by atoms with E-state index in [4.69, 9.17) is 11.7 Å². The molecule has 1 atom stereocenters. The van der Waals surface area contributed by atoms with Gasteiger partial charge in [-0.05, 0) is 18.6 Å². The van der Waals surface area contributed by atoms with Crippen molar-refractivity contribution in [3.63, 3.8) is 0 Å². The molecule has 0 radical (unpaired) electrons. The molecule has 1 aromatic rings. The maximum absolute atomic E-state index is 11.1. The van der Waals surface area contributed by atoms with E-state index in [0.29, 0.717) is 5.56 Å². The maximum Gasteiger partial charge on any atom is 0.235 e. The monoisotopic (exact) mass is 224 g/mol. The molecule has 1 rings (SSSR count). The van der Waals surface area contributed by atoms with Crippen molar-refractivity contribution in [3.05, 3.63) is 29.3 Å². The van der Waals surface area contributed by atoms with Crippen LogP contribution in [-0.2, 0) is 4.79 Å². The Morgan fingerprint density at radius 2 is 2.19 bits per heavy atom. The van der Waals surface area contributed by atoms with Crippen LogP contribution in [0.3, 0.4) is 0 Å². The molecule has 0 aliphatic carbocycles. The lowest BCUT2D eigenvalue weighted by Gasteiger charge is -2.16. The molecule has 0 spiro atoms. The molecule has 88 valence electrons. The third-order valence-electron chi connectivity index (χ3n) is 2.31. The Labute approximate surface area is 93.6 Å². The SMILES string of the molecule is Cc1ccc(C(CC(=O)NN)NN)c(O)c1. The van der Waals surface area contributed by atoms with Crippen LogP contribution in [0.1, 0.15) is 23.6 Å².